The summed E-state index contributed by atoms with van der Waals surface area (Å²) < 4.78 is 6.08. The van der Waals surface area contributed by atoms with Gasteiger partial charge in [0.25, 0.3) is 5.91 Å². The van der Waals surface area contributed by atoms with E-state index in [0.29, 0.717) is 24.5 Å². The second-order valence-electron chi connectivity index (χ2n) is 8.13. The van der Waals surface area contributed by atoms with Crippen molar-refractivity contribution < 1.29 is 9.53 Å². The monoisotopic (exact) mass is 414 g/mol. The van der Waals surface area contributed by atoms with E-state index in [0.717, 1.165) is 37.2 Å². The zero-order valence-electron chi connectivity index (χ0n) is 16.8. The lowest BCUT2D eigenvalue weighted by Gasteiger charge is -2.23. The molecular formula is C24H31ClN2O2. The van der Waals surface area contributed by atoms with Gasteiger partial charge in [-0.15, -0.1) is 12.4 Å². The molecule has 4 rings (SSSR count). The van der Waals surface area contributed by atoms with Crippen molar-refractivity contribution in [1.82, 2.24) is 4.90 Å². The van der Waals surface area contributed by atoms with Crippen LogP contribution < -0.4 is 10.5 Å². The third kappa shape index (κ3) is 5.12. The second-order valence-corrected chi connectivity index (χ2v) is 8.13. The molecule has 1 aliphatic heterocycles. The summed E-state index contributed by atoms with van der Waals surface area (Å²) in [5, 5.41) is 0. The van der Waals surface area contributed by atoms with Crippen molar-refractivity contribution in [2.24, 2.45) is 11.7 Å². The van der Waals surface area contributed by atoms with Crippen LogP contribution in [0.3, 0.4) is 0 Å². The molecule has 2 N–H and O–H groups in total. The quantitative estimate of drug-likeness (QED) is 0.775. The largest absolute Gasteiger partial charge is 0.490 e. The highest BCUT2D eigenvalue weighted by molar-refractivity contribution is 5.94. The molecule has 0 bridgehead atoms. The van der Waals surface area contributed by atoms with Crippen LogP contribution in [-0.4, -0.2) is 36.5 Å². The molecule has 1 amide bonds. The Balaban J connectivity index is 0.00000240. The van der Waals surface area contributed by atoms with Gasteiger partial charge in [0.1, 0.15) is 5.75 Å². The fourth-order valence-electron chi connectivity index (χ4n) is 4.59. The summed E-state index contributed by atoms with van der Waals surface area (Å²) in [6.45, 7) is 2.04. The first-order valence-electron chi connectivity index (χ1n) is 10.6. The molecule has 0 radical (unpaired) electrons. The number of carbonyl (C=O) groups excluding carboxylic acids is 1. The summed E-state index contributed by atoms with van der Waals surface area (Å²) in [6.07, 6.45) is 6.41. The van der Waals surface area contributed by atoms with Gasteiger partial charge in [-0.3, -0.25) is 4.79 Å². The van der Waals surface area contributed by atoms with Crippen LogP contribution in [0.5, 0.6) is 5.75 Å². The molecule has 0 aromatic heterocycles. The lowest BCUT2D eigenvalue weighted by molar-refractivity contribution is 0.0786. The van der Waals surface area contributed by atoms with Crippen LogP contribution in [0.4, 0.5) is 0 Å². The first-order chi connectivity index (χ1) is 13.7. The summed E-state index contributed by atoms with van der Waals surface area (Å²) >= 11 is 0. The number of carbonyl (C=O) groups is 1. The van der Waals surface area contributed by atoms with Gasteiger partial charge >= 0.3 is 0 Å². The molecule has 5 heteroatoms. The number of amides is 1. The van der Waals surface area contributed by atoms with Crippen LogP contribution in [0, 0.1) is 5.92 Å². The van der Waals surface area contributed by atoms with Crippen LogP contribution in [0.1, 0.15) is 53.9 Å². The fraction of sp³-hybridized carbons (Fsp3) is 0.458. The van der Waals surface area contributed by atoms with E-state index in [1.165, 1.54) is 24.8 Å². The Hall–Kier alpha value is -2.04. The minimum Gasteiger partial charge on any atom is -0.490 e. The van der Waals surface area contributed by atoms with Crippen molar-refractivity contribution >= 4 is 18.3 Å². The normalized spacial score (nSPS) is 22.2. The summed E-state index contributed by atoms with van der Waals surface area (Å²) in [6, 6.07) is 18.1. The van der Waals surface area contributed by atoms with Crippen LogP contribution >= 0.6 is 12.4 Å². The predicted octanol–water partition coefficient (Wildman–Crippen LogP) is 4.63. The van der Waals surface area contributed by atoms with Crippen molar-refractivity contribution in [3.05, 3.63) is 65.7 Å². The van der Waals surface area contributed by atoms with Gasteiger partial charge in [-0.25, -0.2) is 0 Å². The molecule has 2 fully saturated rings. The van der Waals surface area contributed by atoms with Gasteiger partial charge < -0.3 is 15.4 Å². The topological polar surface area (TPSA) is 55.6 Å². The number of nitrogens with two attached hydrogens (primary N) is 1. The van der Waals surface area contributed by atoms with Gasteiger partial charge in [-0.05, 0) is 68.0 Å². The van der Waals surface area contributed by atoms with Gasteiger partial charge in [0, 0.05) is 24.6 Å². The average Bonchev–Trinajstić information content (AvgIpc) is 3.20. The number of likely N-dealkylation sites (tertiary alicyclic amines) is 1. The summed E-state index contributed by atoms with van der Waals surface area (Å²) in [5.41, 5.74) is 8.01. The number of hydrogen-bond acceptors (Lipinski definition) is 3. The number of benzene rings is 2. The number of ether oxygens (including phenoxy) is 1. The highest BCUT2D eigenvalue weighted by Crippen LogP contribution is 2.33. The van der Waals surface area contributed by atoms with E-state index in [-0.39, 0.29) is 18.3 Å². The maximum Gasteiger partial charge on any atom is 0.253 e. The maximum atomic E-state index is 13.0. The average molecular weight is 415 g/mol. The van der Waals surface area contributed by atoms with Crippen molar-refractivity contribution in [1.29, 1.82) is 0 Å². The van der Waals surface area contributed by atoms with E-state index in [1.807, 2.05) is 35.2 Å². The number of halogens is 1. The lowest BCUT2D eigenvalue weighted by Crippen LogP contribution is -2.29. The minimum absolute atomic E-state index is 0. The molecule has 1 heterocycles. The van der Waals surface area contributed by atoms with E-state index >= 15 is 0 Å². The highest BCUT2D eigenvalue weighted by atomic mass is 35.5. The molecule has 29 heavy (non-hydrogen) atoms. The molecule has 1 aliphatic carbocycles. The van der Waals surface area contributed by atoms with Gasteiger partial charge in [0.15, 0.2) is 0 Å². The molecule has 4 nitrogen and oxygen atoms in total. The molecular weight excluding hydrogens is 384 g/mol. The molecule has 0 spiro atoms. The van der Waals surface area contributed by atoms with Crippen molar-refractivity contribution in [2.75, 3.05) is 19.6 Å². The van der Waals surface area contributed by atoms with Crippen LogP contribution in [0.15, 0.2) is 54.6 Å². The Morgan fingerprint density at radius 2 is 1.66 bits per heavy atom. The van der Waals surface area contributed by atoms with Gasteiger partial charge in [0.2, 0.25) is 0 Å². The molecule has 2 atom stereocenters. The molecule has 2 aliphatic rings. The van der Waals surface area contributed by atoms with Crippen LogP contribution in [0.25, 0.3) is 0 Å². The Bertz CT molecular complexity index is 775. The first kappa shape index (κ1) is 21.7. The Morgan fingerprint density at radius 3 is 2.31 bits per heavy atom. The van der Waals surface area contributed by atoms with E-state index in [2.05, 4.69) is 24.3 Å². The standard InChI is InChI=1S/C24H30N2O2.ClH/c25-15-20-16-26(17-23(20)18-7-3-1-4-8-18)24(27)19-11-13-22(14-12-19)28-21-9-5-2-6-10-21;/h1,3-4,7-8,11-14,20-21,23H,2,5-6,9-10,15-17,25H2;1H/t20-,23+;/m1./s1. The Morgan fingerprint density at radius 1 is 0.966 bits per heavy atom. The molecule has 2 aromatic rings. The SMILES string of the molecule is Cl.NC[C@@H]1CN(C(=O)c2ccc(OC3CCCCC3)cc2)C[C@H]1c1ccccc1. The minimum atomic E-state index is 0. The van der Waals surface area contributed by atoms with Crippen LogP contribution in [-0.2, 0) is 0 Å². The lowest BCUT2D eigenvalue weighted by atomic mass is 9.89. The first-order valence-corrected chi connectivity index (χ1v) is 10.6. The van der Waals surface area contributed by atoms with Gasteiger partial charge in [-0.1, -0.05) is 36.8 Å². The molecule has 1 saturated heterocycles. The Labute approximate surface area is 179 Å². The van der Waals surface area contributed by atoms with E-state index < -0.39 is 0 Å². The zero-order valence-corrected chi connectivity index (χ0v) is 17.7. The van der Waals surface area contributed by atoms with E-state index in [9.17, 15) is 4.79 Å². The molecule has 0 unspecified atom stereocenters. The number of nitrogens with zero attached hydrogens (tertiary/aromatic N) is 1. The van der Waals surface area contributed by atoms with E-state index in [4.69, 9.17) is 10.5 Å². The molecule has 1 saturated carbocycles. The van der Waals surface area contributed by atoms with Crippen LogP contribution in [0.2, 0.25) is 0 Å². The summed E-state index contributed by atoms with van der Waals surface area (Å²) in [7, 11) is 0. The summed E-state index contributed by atoms with van der Waals surface area (Å²) in [4.78, 5) is 15.0. The Kier molecular flexibility index (Phi) is 7.57. The second kappa shape index (κ2) is 10.1. The summed E-state index contributed by atoms with van der Waals surface area (Å²) in [5.74, 6) is 1.57. The third-order valence-corrected chi connectivity index (χ3v) is 6.21. The van der Waals surface area contributed by atoms with Crippen molar-refractivity contribution in [3.63, 3.8) is 0 Å². The zero-order chi connectivity index (χ0) is 19.3. The van der Waals surface area contributed by atoms with Gasteiger partial charge in [-0.2, -0.15) is 0 Å². The maximum absolute atomic E-state index is 13.0. The predicted molar refractivity (Wildman–Crippen MR) is 119 cm³/mol. The van der Waals surface area contributed by atoms with E-state index in [1.54, 1.807) is 0 Å². The fourth-order valence-corrected chi connectivity index (χ4v) is 4.59. The molecule has 2 aromatic carbocycles. The van der Waals surface area contributed by atoms with Gasteiger partial charge in [0.05, 0.1) is 6.10 Å². The highest BCUT2D eigenvalue weighted by Gasteiger charge is 2.35. The number of hydrogen-bond donors (Lipinski definition) is 1. The smallest absolute Gasteiger partial charge is 0.253 e. The molecule has 156 valence electrons. The van der Waals surface area contributed by atoms with Crippen molar-refractivity contribution in [3.8, 4) is 5.75 Å². The van der Waals surface area contributed by atoms with Crippen molar-refractivity contribution in [2.45, 2.75) is 44.1 Å². The third-order valence-electron chi connectivity index (χ3n) is 6.21. The number of rotatable bonds is 5.